The third kappa shape index (κ3) is 5.22. The molecule has 6 nitrogen and oxygen atoms in total. The fourth-order valence-corrected chi connectivity index (χ4v) is 2.62. The molecule has 0 saturated carbocycles. The van der Waals surface area contributed by atoms with Crippen LogP contribution in [0.2, 0.25) is 0 Å². The van der Waals surface area contributed by atoms with Gasteiger partial charge in [-0.15, -0.1) is 10.2 Å². The molecule has 0 saturated heterocycles. The van der Waals surface area contributed by atoms with Gasteiger partial charge in [-0.2, -0.15) is 0 Å². The number of pyridine rings is 1. The molecule has 0 spiro atoms. The van der Waals surface area contributed by atoms with E-state index < -0.39 is 0 Å². The van der Waals surface area contributed by atoms with Crippen LogP contribution in [0.4, 0.5) is 0 Å². The lowest BCUT2D eigenvalue weighted by Crippen LogP contribution is -2.38. The molecule has 0 bridgehead atoms. The summed E-state index contributed by atoms with van der Waals surface area (Å²) in [5.74, 6) is 2.59. The van der Waals surface area contributed by atoms with Crippen molar-refractivity contribution in [1.82, 2.24) is 25.2 Å². The summed E-state index contributed by atoms with van der Waals surface area (Å²) in [7, 11) is 0. The number of aromatic nitrogens is 3. The molecule has 2 rings (SSSR count). The summed E-state index contributed by atoms with van der Waals surface area (Å²) in [4.78, 5) is 4.70. The van der Waals surface area contributed by atoms with E-state index in [2.05, 4.69) is 41.6 Å². The second-order valence-electron chi connectivity index (χ2n) is 5.98. The number of rotatable bonds is 9. The molecule has 0 amide bonds. The van der Waals surface area contributed by atoms with Crippen molar-refractivity contribution in [3.8, 4) is 0 Å². The summed E-state index contributed by atoms with van der Waals surface area (Å²) in [5, 5.41) is 15.2. The fraction of sp³-hybridized carbons (Fsp3) is 0.611. The van der Waals surface area contributed by atoms with Crippen LogP contribution in [0.25, 0.3) is 5.65 Å². The molecule has 132 valence electrons. The lowest BCUT2D eigenvalue weighted by molar-refractivity contribution is 0.504. The zero-order valence-corrected chi connectivity index (χ0v) is 15.1. The van der Waals surface area contributed by atoms with Gasteiger partial charge in [-0.05, 0) is 31.4 Å². The Bertz CT molecular complexity index is 629. The number of hydrogen-bond donors (Lipinski definition) is 2. The minimum atomic E-state index is 0.669. The van der Waals surface area contributed by atoms with Crippen molar-refractivity contribution < 1.29 is 0 Å². The lowest BCUT2D eigenvalue weighted by atomic mass is 10.0. The molecule has 2 heterocycles. The zero-order chi connectivity index (χ0) is 17.2. The second kappa shape index (κ2) is 9.90. The van der Waals surface area contributed by atoms with Gasteiger partial charge in [-0.3, -0.25) is 9.39 Å². The quantitative estimate of drug-likeness (QED) is 0.421. The summed E-state index contributed by atoms with van der Waals surface area (Å²) in [6, 6.07) is 5.96. The van der Waals surface area contributed by atoms with Crippen molar-refractivity contribution in [2.45, 2.75) is 46.5 Å². The van der Waals surface area contributed by atoms with Crippen molar-refractivity contribution in [3.05, 3.63) is 30.2 Å². The lowest BCUT2D eigenvalue weighted by Gasteiger charge is -2.13. The van der Waals surface area contributed by atoms with E-state index in [4.69, 9.17) is 4.99 Å². The second-order valence-corrected chi connectivity index (χ2v) is 5.98. The highest BCUT2D eigenvalue weighted by atomic mass is 15.2. The Labute approximate surface area is 144 Å². The Balaban J connectivity index is 1.81. The van der Waals surface area contributed by atoms with Crippen LogP contribution < -0.4 is 10.6 Å². The van der Waals surface area contributed by atoms with Gasteiger partial charge in [0.15, 0.2) is 11.6 Å². The van der Waals surface area contributed by atoms with Crippen molar-refractivity contribution in [3.63, 3.8) is 0 Å². The molecule has 0 radical (unpaired) electrons. The van der Waals surface area contributed by atoms with E-state index in [0.29, 0.717) is 5.92 Å². The highest BCUT2D eigenvalue weighted by Crippen LogP contribution is 2.07. The zero-order valence-electron chi connectivity index (χ0n) is 15.1. The van der Waals surface area contributed by atoms with Gasteiger partial charge in [0.25, 0.3) is 0 Å². The molecule has 0 aliphatic carbocycles. The summed E-state index contributed by atoms with van der Waals surface area (Å²) in [6.07, 6.45) is 6.26. The summed E-state index contributed by atoms with van der Waals surface area (Å²) >= 11 is 0. The number of nitrogens with one attached hydrogen (secondary N) is 2. The first-order valence-electron chi connectivity index (χ1n) is 9.09. The molecule has 0 unspecified atom stereocenters. The van der Waals surface area contributed by atoms with Crippen molar-refractivity contribution in [2.24, 2.45) is 10.9 Å². The first-order valence-corrected chi connectivity index (χ1v) is 9.09. The minimum absolute atomic E-state index is 0.669. The highest BCUT2D eigenvalue weighted by molar-refractivity contribution is 5.79. The van der Waals surface area contributed by atoms with E-state index in [1.165, 1.54) is 12.8 Å². The topological polar surface area (TPSA) is 66.6 Å². The Kier molecular flexibility index (Phi) is 7.52. The van der Waals surface area contributed by atoms with Crippen LogP contribution in [0.5, 0.6) is 0 Å². The fourth-order valence-electron chi connectivity index (χ4n) is 2.62. The highest BCUT2D eigenvalue weighted by Gasteiger charge is 2.05. The van der Waals surface area contributed by atoms with E-state index >= 15 is 0 Å². The summed E-state index contributed by atoms with van der Waals surface area (Å²) in [6.45, 7) is 9.19. The molecule has 24 heavy (non-hydrogen) atoms. The molecule has 6 heteroatoms. The van der Waals surface area contributed by atoms with Gasteiger partial charge >= 0.3 is 0 Å². The number of hydrogen-bond acceptors (Lipinski definition) is 3. The van der Waals surface area contributed by atoms with Crippen LogP contribution >= 0.6 is 0 Å². The van der Waals surface area contributed by atoms with Gasteiger partial charge in [0, 0.05) is 32.3 Å². The van der Waals surface area contributed by atoms with Gasteiger partial charge in [-0.25, -0.2) is 0 Å². The van der Waals surface area contributed by atoms with Gasteiger partial charge < -0.3 is 10.6 Å². The molecule has 0 aromatic carbocycles. The van der Waals surface area contributed by atoms with E-state index in [1.54, 1.807) is 0 Å². The third-order valence-corrected chi connectivity index (χ3v) is 4.26. The Morgan fingerprint density at radius 3 is 2.75 bits per heavy atom. The van der Waals surface area contributed by atoms with Crippen LogP contribution in [0.15, 0.2) is 29.4 Å². The predicted molar refractivity (Wildman–Crippen MR) is 99.4 cm³/mol. The largest absolute Gasteiger partial charge is 0.357 e. The number of aliphatic imine (C=N–C) groups is 1. The van der Waals surface area contributed by atoms with E-state index in [-0.39, 0.29) is 0 Å². The molecule has 0 fully saturated rings. The van der Waals surface area contributed by atoms with E-state index in [9.17, 15) is 0 Å². The standard InChI is InChI=1S/C18H30N6/c1-4-15(5-2)14-21-18(19-6-3)20-12-9-11-17-23-22-16-10-7-8-13-24(16)17/h7-8,10,13,15H,4-6,9,11-12,14H2,1-3H3,(H2,19,20,21). The average Bonchev–Trinajstić information content (AvgIpc) is 3.02. The number of aryl methyl sites for hydroxylation is 1. The van der Waals surface area contributed by atoms with Crippen LogP contribution in [-0.4, -0.2) is 40.2 Å². The van der Waals surface area contributed by atoms with Crippen LogP contribution in [0.3, 0.4) is 0 Å². The first kappa shape index (κ1) is 18.2. The Morgan fingerprint density at radius 1 is 1.17 bits per heavy atom. The van der Waals surface area contributed by atoms with Crippen LogP contribution in [0, 0.1) is 5.92 Å². The predicted octanol–water partition coefficient (Wildman–Crippen LogP) is 2.65. The molecule has 2 aromatic rings. The molecule has 2 N–H and O–H groups in total. The van der Waals surface area contributed by atoms with E-state index in [0.717, 1.165) is 49.9 Å². The van der Waals surface area contributed by atoms with Gasteiger partial charge in [-0.1, -0.05) is 32.8 Å². The minimum Gasteiger partial charge on any atom is -0.357 e. The maximum absolute atomic E-state index is 4.70. The van der Waals surface area contributed by atoms with Crippen LogP contribution in [-0.2, 0) is 6.42 Å². The smallest absolute Gasteiger partial charge is 0.191 e. The molecule has 0 aliphatic rings. The van der Waals surface area contributed by atoms with Gasteiger partial charge in [0.1, 0.15) is 5.82 Å². The SMILES string of the molecule is CCNC(=NCC(CC)CC)NCCCc1nnc2ccccn12. The van der Waals surface area contributed by atoms with Gasteiger partial charge in [0.2, 0.25) is 0 Å². The average molecular weight is 330 g/mol. The number of nitrogens with zero attached hydrogens (tertiary/aromatic N) is 4. The molecule has 0 aliphatic heterocycles. The molecular formula is C18H30N6. The Hall–Kier alpha value is -2.11. The maximum atomic E-state index is 4.70. The van der Waals surface area contributed by atoms with Crippen molar-refractivity contribution >= 4 is 11.6 Å². The normalized spacial score (nSPS) is 12.1. The third-order valence-electron chi connectivity index (χ3n) is 4.26. The number of guanidine groups is 1. The maximum Gasteiger partial charge on any atom is 0.191 e. The first-order chi connectivity index (χ1) is 11.8. The van der Waals surface area contributed by atoms with Gasteiger partial charge in [0.05, 0.1) is 0 Å². The summed E-state index contributed by atoms with van der Waals surface area (Å²) in [5.41, 5.74) is 0.903. The van der Waals surface area contributed by atoms with E-state index in [1.807, 2.05) is 28.8 Å². The molecule has 2 aromatic heterocycles. The number of fused-ring (bicyclic) bond motifs is 1. The van der Waals surface area contributed by atoms with Crippen molar-refractivity contribution in [2.75, 3.05) is 19.6 Å². The Morgan fingerprint density at radius 2 is 2.00 bits per heavy atom. The van der Waals surface area contributed by atoms with Crippen LogP contribution in [0.1, 0.15) is 45.9 Å². The monoisotopic (exact) mass is 330 g/mol. The van der Waals surface area contributed by atoms with Crippen molar-refractivity contribution in [1.29, 1.82) is 0 Å². The molecule has 0 atom stereocenters. The summed E-state index contributed by atoms with van der Waals surface area (Å²) < 4.78 is 2.05. The molecular weight excluding hydrogens is 300 g/mol.